The van der Waals surface area contributed by atoms with Gasteiger partial charge in [0.15, 0.2) is 0 Å². The van der Waals surface area contributed by atoms with Crippen molar-refractivity contribution < 1.29 is 22.7 Å². The third-order valence-corrected chi connectivity index (χ3v) is 7.51. The first kappa shape index (κ1) is 23.8. The van der Waals surface area contributed by atoms with Crippen molar-refractivity contribution in [1.82, 2.24) is 19.3 Å². The van der Waals surface area contributed by atoms with Crippen molar-refractivity contribution in [3.8, 4) is 0 Å². The van der Waals surface area contributed by atoms with Gasteiger partial charge >= 0.3 is 5.97 Å². The number of benzene rings is 2. The molecule has 2 heterocycles. The zero-order chi connectivity index (χ0) is 24.1. The van der Waals surface area contributed by atoms with Gasteiger partial charge in [0.05, 0.1) is 22.6 Å². The van der Waals surface area contributed by atoms with Crippen LogP contribution in [0.1, 0.15) is 43.0 Å². The van der Waals surface area contributed by atoms with E-state index in [2.05, 4.69) is 15.6 Å². The highest BCUT2D eigenvalue weighted by Gasteiger charge is 2.27. The Balaban J connectivity index is 1.34. The molecule has 1 N–H and O–H groups in total. The van der Waals surface area contributed by atoms with E-state index in [1.54, 1.807) is 54.1 Å². The Bertz CT molecular complexity index is 1300. The lowest BCUT2D eigenvalue weighted by Gasteiger charge is -2.15. The molecular formula is C23H27N5O5S. The molecule has 1 aromatic heterocycles. The van der Waals surface area contributed by atoms with E-state index in [0.717, 1.165) is 12.8 Å². The molecule has 0 bridgehead atoms. The Morgan fingerprint density at radius 2 is 1.91 bits per heavy atom. The fourth-order valence-electron chi connectivity index (χ4n) is 3.91. The molecule has 0 aliphatic carbocycles. The Morgan fingerprint density at radius 3 is 2.68 bits per heavy atom. The van der Waals surface area contributed by atoms with E-state index in [9.17, 15) is 18.0 Å². The van der Waals surface area contributed by atoms with E-state index in [-0.39, 0.29) is 23.8 Å². The number of carbonyl (C=O) groups is 2. The Hall–Kier alpha value is -3.31. The van der Waals surface area contributed by atoms with Crippen molar-refractivity contribution in [3.63, 3.8) is 0 Å². The summed E-state index contributed by atoms with van der Waals surface area (Å²) in [5, 5.41) is 11.0. The van der Waals surface area contributed by atoms with Gasteiger partial charge in [-0.05, 0) is 62.6 Å². The van der Waals surface area contributed by atoms with E-state index in [1.807, 2.05) is 0 Å². The van der Waals surface area contributed by atoms with Gasteiger partial charge in [0.2, 0.25) is 15.9 Å². The molecule has 34 heavy (non-hydrogen) atoms. The van der Waals surface area contributed by atoms with Gasteiger partial charge in [0.25, 0.3) is 0 Å². The molecule has 2 aromatic carbocycles. The summed E-state index contributed by atoms with van der Waals surface area (Å²) in [4.78, 5) is 24.4. The molecule has 1 amide bonds. The summed E-state index contributed by atoms with van der Waals surface area (Å²) >= 11 is 0. The predicted molar refractivity (Wildman–Crippen MR) is 126 cm³/mol. The number of esters is 1. The first-order valence-electron chi connectivity index (χ1n) is 11.3. The van der Waals surface area contributed by atoms with Gasteiger partial charge in [-0.2, -0.15) is 4.31 Å². The molecule has 11 heteroatoms. The summed E-state index contributed by atoms with van der Waals surface area (Å²) in [6.45, 7) is 3.55. The Kier molecular flexibility index (Phi) is 7.23. The van der Waals surface area contributed by atoms with E-state index in [1.165, 1.54) is 4.31 Å². The number of sulfonamides is 1. The number of carbonyl (C=O) groups excluding carboxylic acids is 2. The van der Waals surface area contributed by atoms with Crippen LogP contribution in [0.25, 0.3) is 11.0 Å². The maximum atomic E-state index is 12.8. The van der Waals surface area contributed by atoms with Gasteiger partial charge in [-0.1, -0.05) is 11.3 Å². The third-order valence-electron chi connectivity index (χ3n) is 5.62. The number of fused-ring (bicyclic) bond motifs is 1. The van der Waals surface area contributed by atoms with Gasteiger partial charge in [-0.3, -0.25) is 4.79 Å². The maximum Gasteiger partial charge on any atom is 0.338 e. The minimum atomic E-state index is -3.52. The fourth-order valence-corrected chi connectivity index (χ4v) is 5.44. The second-order valence-electron chi connectivity index (χ2n) is 8.03. The monoisotopic (exact) mass is 485 g/mol. The molecule has 0 spiro atoms. The Morgan fingerprint density at radius 1 is 1.12 bits per heavy atom. The molecule has 0 radical (unpaired) electrons. The first-order valence-corrected chi connectivity index (χ1v) is 12.7. The van der Waals surface area contributed by atoms with Crippen LogP contribution in [0.4, 0.5) is 5.69 Å². The Labute approximate surface area is 197 Å². The summed E-state index contributed by atoms with van der Waals surface area (Å²) in [5.74, 6) is -0.627. The minimum Gasteiger partial charge on any atom is -0.462 e. The summed E-state index contributed by atoms with van der Waals surface area (Å²) in [6.07, 6.45) is 2.51. The number of nitrogens with one attached hydrogen (secondary N) is 1. The maximum absolute atomic E-state index is 12.8. The number of rotatable bonds is 9. The lowest BCUT2D eigenvalue weighted by Crippen LogP contribution is -2.27. The average Bonchev–Trinajstić information content (AvgIpc) is 3.50. The third kappa shape index (κ3) is 5.26. The predicted octanol–water partition coefficient (Wildman–Crippen LogP) is 2.81. The van der Waals surface area contributed by atoms with Crippen molar-refractivity contribution in [2.24, 2.45) is 0 Å². The van der Waals surface area contributed by atoms with E-state index in [4.69, 9.17) is 4.74 Å². The summed E-state index contributed by atoms with van der Waals surface area (Å²) in [6, 6.07) is 11.4. The summed E-state index contributed by atoms with van der Waals surface area (Å²) in [7, 11) is -3.52. The van der Waals surface area contributed by atoms with E-state index >= 15 is 0 Å². The second-order valence-corrected chi connectivity index (χ2v) is 9.97. The molecule has 1 aliphatic rings. The minimum absolute atomic E-state index is 0.190. The van der Waals surface area contributed by atoms with Gasteiger partial charge in [0.1, 0.15) is 5.52 Å². The molecule has 180 valence electrons. The highest BCUT2D eigenvalue weighted by molar-refractivity contribution is 7.89. The molecular weight excluding hydrogens is 458 g/mol. The number of nitrogens with zero attached hydrogens (tertiary/aromatic N) is 4. The zero-order valence-corrected chi connectivity index (χ0v) is 19.8. The number of ether oxygens (including phenoxy) is 1. The molecule has 0 saturated carbocycles. The number of aromatic nitrogens is 3. The number of aryl methyl sites for hydroxylation is 1. The van der Waals surface area contributed by atoms with Crippen LogP contribution in [-0.4, -0.2) is 59.3 Å². The number of amides is 1. The van der Waals surface area contributed by atoms with Crippen LogP contribution in [0, 0.1) is 0 Å². The van der Waals surface area contributed by atoms with Crippen LogP contribution in [0.3, 0.4) is 0 Å². The van der Waals surface area contributed by atoms with Gasteiger partial charge in [-0.25, -0.2) is 17.9 Å². The number of anilines is 1. The van der Waals surface area contributed by atoms with Crippen molar-refractivity contribution in [1.29, 1.82) is 0 Å². The van der Waals surface area contributed by atoms with Gasteiger partial charge in [0, 0.05) is 31.7 Å². The lowest BCUT2D eigenvalue weighted by molar-refractivity contribution is -0.116. The van der Waals surface area contributed by atoms with Crippen LogP contribution >= 0.6 is 0 Å². The molecule has 10 nitrogen and oxygen atoms in total. The van der Waals surface area contributed by atoms with Crippen LogP contribution in [0.5, 0.6) is 0 Å². The topological polar surface area (TPSA) is 123 Å². The smallest absolute Gasteiger partial charge is 0.338 e. The second kappa shape index (κ2) is 10.3. The number of hydrogen-bond donors (Lipinski definition) is 1. The molecule has 3 aromatic rings. The van der Waals surface area contributed by atoms with Crippen molar-refractivity contribution in [2.45, 2.75) is 44.0 Å². The van der Waals surface area contributed by atoms with E-state index in [0.29, 0.717) is 48.3 Å². The standard InChI is InChI=1S/C23H27N5O5S/c1-2-33-23(30)17-7-5-8-18(15-17)24-22(29)9-6-14-28-21-11-10-19(16-20(21)25-26-28)34(31,32)27-12-3-4-13-27/h5,7-8,10-11,15-16H,2-4,6,9,12-14H2,1H3,(H,24,29). The van der Waals surface area contributed by atoms with Crippen LogP contribution in [-0.2, 0) is 26.1 Å². The molecule has 1 fully saturated rings. The van der Waals surface area contributed by atoms with Crippen molar-refractivity contribution >= 4 is 38.6 Å². The summed E-state index contributed by atoms with van der Waals surface area (Å²) in [5.41, 5.74) is 2.11. The van der Waals surface area contributed by atoms with Gasteiger partial charge < -0.3 is 10.1 Å². The average molecular weight is 486 g/mol. The zero-order valence-electron chi connectivity index (χ0n) is 18.9. The van der Waals surface area contributed by atoms with Crippen LogP contribution in [0.15, 0.2) is 47.4 Å². The quantitative estimate of drug-likeness (QED) is 0.462. The normalized spacial score (nSPS) is 14.4. The van der Waals surface area contributed by atoms with E-state index < -0.39 is 16.0 Å². The van der Waals surface area contributed by atoms with Crippen molar-refractivity contribution in [3.05, 3.63) is 48.0 Å². The molecule has 4 rings (SSSR count). The molecule has 0 unspecified atom stereocenters. The highest BCUT2D eigenvalue weighted by Crippen LogP contribution is 2.24. The van der Waals surface area contributed by atoms with Crippen molar-refractivity contribution in [2.75, 3.05) is 25.0 Å². The molecule has 0 atom stereocenters. The molecule has 1 aliphatic heterocycles. The van der Waals surface area contributed by atoms with Gasteiger partial charge in [-0.15, -0.1) is 5.10 Å². The summed E-state index contributed by atoms with van der Waals surface area (Å²) < 4.78 is 33.7. The van der Waals surface area contributed by atoms with Crippen LogP contribution < -0.4 is 5.32 Å². The largest absolute Gasteiger partial charge is 0.462 e. The molecule has 1 saturated heterocycles. The SMILES string of the molecule is CCOC(=O)c1cccc(NC(=O)CCCn2nnc3cc(S(=O)(=O)N4CCCC4)ccc32)c1. The lowest BCUT2D eigenvalue weighted by atomic mass is 10.2. The first-order chi connectivity index (χ1) is 16.4. The fraction of sp³-hybridized carbons (Fsp3) is 0.391. The number of hydrogen-bond acceptors (Lipinski definition) is 7. The van der Waals surface area contributed by atoms with Crippen LogP contribution in [0.2, 0.25) is 0 Å². The highest BCUT2D eigenvalue weighted by atomic mass is 32.2.